The molecule has 0 bridgehead atoms. The van der Waals surface area contributed by atoms with E-state index in [0.717, 1.165) is 0 Å². The van der Waals surface area contributed by atoms with E-state index in [-0.39, 0.29) is 75.5 Å². The van der Waals surface area contributed by atoms with Crippen LogP contribution in [0.15, 0.2) is 0 Å². The van der Waals surface area contributed by atoms with Gasteiger partial charge in [-0.15, -0.1) is 12.4 Å². The fourth-order valence-corrected chi connectivity index (χ4v) is 0. The van der Waals surface area contributed by atoms with Crippen LogP contribution < -0.4 is 37.2 Å². The van der Waals surface area contributed by atoms with Gasteiger partial charge in [0.05, 0.1) is 0 Å². The molecule has 0 heterocycles. The molecule has 0 spiro atoms. The van der Waals surface area contributed by atoms with Gasteiger partial charge in [-0.2, -0.15) is 0 Å². The molecule has 0 fully saturated rings. The van der Waals surface area contributed by atoms with Gasteiger partial charge < -0.3 is 37.2 Å². The zero-order valence-corrected chi connectivity index (χ0v) is 8.50. The number of hydrogen-bond acceptors (Lipinski definition) is 0. The van der Waals surface area contributed by atoms with Gasteiger partial charge in [-0.25, -0.2) is 0 Å². The van der Waals surface area contributed by atoms with E-state index in [1.165, 1.54) is 0 Å². The normalized spacial score (nSPS) is 0. The van der Waals surface area contributed by atoms with Crippen molar-refractivity contribution in [1.82, 2.24) is 0 Å². The summed E-state index contributed by atoms with van der Waals surface area (Å²) in [7, 11) is 0. The maximum absolute atomic E-state index is 0. The van der Waals surface area contributed by atoms with E-state index in [1.54, 1.807) is 0 Å². The summed E-state index contributed by atoms with van der Waals surface area (Å²) in [4.78, 5) is 0. The fourth-order valence-electron chi connectivity index (χ4n) is 0. The SMILES string of the molecule is Cl.[Cl-].[Cl-].[Cl-].[In+3]. The molecule has 5 heteroatoms. The molecule has 0 aromatic carbocycles. The van der Waals surface area contributed by atoms with Crippen LogP contribution in [0.3, 0.4) is 0 Å². The quantitative estimate of drug-likeness (QED) is 0.404. The minimum Gasteiger partial charge on any atom is -1.00 e. The molecule has 0 aliphatic rings. The van der Waals surface area contributed by atoms with Crippen molar-refractivity contribution in [3.63, 3.8) is 0 Å². The molecule has 0 saturated heterocycles. The van der Waals surface area contributed by atoms with Gasteiger partial charge in [0, 0.05) is 0 Å². The Morgan fingerprint density at radius 3 is 0.600 bits per heavy atom. The fraction of sp³-hybridized carbons (Fsp3) is 0. The second kappa shape index (κ2) is 37.0. The van der Waals surface area contributed by atoms with E-state index in [9.17, 15) is 0 Å². The Morgan fingerprint density at radius 1 is 0.600 bits per heavy atom. The summed E-state index contributed by atoms with van der Waals surface area (Å²) in [5.41, 5.74) is 0. The van der Waals surface area contributed by atoms with E-state index < -0.39 is 0 Å². The Morgan fingerprint density at radius 2 is 0.600 bits per heavy atom. The predicted molar refractivity (Wildman–Crippen MR) is 13.0 cm³/mol. The Hall–Kier alpha value is 2.03. The van der Waals surface area contributed by atoms with Crippen molar-refractivity contribution in [1.29, 1.82) is 0 Å². The molecule has 0 atom stereocenters. The molecule has 0 amide bonds. The van der Waals surface area contributed by atoms with E-state index in [0.29, 0.717) is 0 Å². The molecule has 0 nitrogen and oxygen atoms in total. The molecular weight excluding hydrogens is 257 g/mol. The number of hydrogen-bond donors (Lipinski definition) is 0. The van der Waals surface area contributed by atoms with Crippen molar-refractivity contribution in [3.8, 4) is 0 Å². The minimum absolute atomic E-state index is 0. The molecule has 5 heavy (non-hydrogen) atoms. The van der Waals surface area contributed by atoms with Crippen LogP contribution in [0.5, 0.6) is 0 Å². The van der Waals surface area contributed by atoms with E-state index in [2.05, 4.69) is 0 Å². The molecule has 0 aliphatic carbocycles. The average molecular weight is 258 g/mol. The van der Waals surface area contributed by atoms with Crippen LogP contribution in [-0.4, -0.2) is 25.8 Å². The second-order valence-corrected chi connectivity index (χ2v) is 0. The van der Waals surface area contributed by atoms with Gasteiger partial charge in [0.2, 0.25) is 0 Å². The monoisotopic (exact) mass is 256 g/mol. The first kappa shape index (κ1) is 62.0. The summed E-state index contributed by atoms with van der Waals surface area (Å²) < 4.78 is 0. The molecule has 0 saturated carbocycles. The summed E-state index contributed by atoms with van der Waals surface area (Å²) >= 11 is 0. The van der Waals surface area contributed by atoms with E-state index in [4.69, 9.17) is 0 Å². The predicted octanol–water partition coefficient (Wildman–Crippen LogP) is -8.95. The Balaban J connectivity index is 0. The summed E-state index contributed by atoms with van der Waals surface area (Å²) in [5.74, 6) is 0. The zero-order chi connectivity index (χ0) is 0. The first-order valence-corrected chi connectivity index (χ1v) is 0. The van der Waals surface area contributed by atoms with Gasteiger partial charge in [0.1, 0.15) is 0 Å². The molecule has 0 unspecified atom stereocenters. The molecule has 0 radical (unpaired) electrons. The van der Waals surface area contributed by atoms with Crippen molar-refractivity contribution in [2.45, 2.75) is 0 Å². The van der Waals surface area contributed by atoms with Crippen molar-refractivity contribution < 1.29 is 37.2 Å². The van der Waals surface area contributed by atoms with Gasteiger partial charge in [-0.3, -0.25) is 0 Å². The minimum atomic E-state index is 0. The van der Waals surface area contributed by atoms with Crippen molar-refractivity contribution in [3.05, 3.63) is 0 Å². The van der Waals surface area contributed by atoms with Crippen LogP contribution in [0.25, 0.3) is 0 Å². The average Bonchev–Trinajstić information content (AvgIpc) is 0. The van der Waals surface area contributed by atoms with E-state index >= 15 is 0 Å². The van der Waals surface area contributed by atoms with Crippen LogP contribution in [0.4, 0.5) is 0 Å². The smallest absolute Gasteiger partial charge is 1.00 e. The summed E-state index contributed by atoms with van der Waals surface area (Å²) in [6.07, 6.45) is 0. The number of halogens is 4. The van der Waals surface area contributed by atoms with Crippen LogP contribution in [0, 0.1) is 0 Å². The first-order chi connectivity index (χ1) is 0. The standard InChI is InChI=1S/4ClH.In/h4*1H;/q;;;;+3/p-3. The third-order valence-corrected chi connectivity index (χ3v) is 0. The maximum atomic E-state index is 0. The van der Waals surface area contributed by atoms with Crippen molar-refractivity contribution in [2.75, 3.05) is 0 Å². The van der Waals surface area contributed by atoms with E-state index in [1.807, 2.05) is 0 Å². The summed E-state index contributed by atoms with van der Waals surface area (Å²) in [6.45, 7) is 0. The van der Waals surface area contributed by atoms with Crippen LogP contribution in [0.2, 0.25) is 0 Å². The third kappa shape index (κ3) is 23.8. The zero-order valence-electron chi connectivity index (χ0n) is 2.12. The van der Waals surface area contributed by atoms with Crippen LogP contribution >= 0.6 is 12.4 Å². The summed E-state index contributed by atoms with van der Waals surface area (Å²) in [6, 6.07) is 0. The van der Waals surface area contributed by atoms with Gasteiger partial charge >= 0.3 is 25.8 Å². The van der Waals surface area contributed by atoms with Crippen LogP contribution in [0.1, 0.15) is 0 Å². The molecule has 32 valence electrons. The molecule has 0 aromatic heterocycles. The summed E-state index contributed by atoms with van der Waals surface area (Å²) in [5, 5.41) is 0. The Bertz CT molecular complexity index is 3.61. The molecule has 0 aliphatic heterocycles. The van der Waals surface area contributed by atoms with Crippen molar-refractivity contribution in [2.24, 2.45) is 0 Å². The molecular formula is HCl4In. The van der Waals surface area contributed by atoms with Crippen molar-refractivity contribution >= 4 is 38.3 Å². The molecule has 0 N–H and O–H groups in total. The van der Waals surface area contributed by atoms with Gasteiger partial charge in [0.25, 0.3) is 0 Å². The van der Waals surface area contributed by atoms with Gasteiger partial charge in [-0.05, 0) is 0 Å². The Labute approximate surface area is 74.9 Å². The first-order valence-electron chi connectivity index (χ1n) is 0. The largest absolute Gasteiger partial charge is 3.00 e. The number of rotatable bonds is 0. The van der Waals surface area contributed by atoms with Gasteiger partial charge in [-0.1, -0.05) is 0 Å². The molecule has 0 rings (SSSR count). The molecule has 0 aromatic rings. The topological polar surface area (TPSA) is 0 Å². The second-order valence-electron chi connectivity index (χ2n) is 0. The third-order valence-electron chi connectivity index (χ3n) is 0. The van der Waals surface area contributed by atoms with Gasteiger partial charge in [0.15, 0.2) is 0 Å². The maximum Gasteiger partial charge on any atom is 3.00 e. The Kier molecular flexibility index (Phi) is 459. The van der Waals surface area contributed by atoms with Crippen LogP contribution in [-0.2, 0) is 0 Å².